The smallest absolute Gasteiger partial charge is 0.255 e. The number of ether oxygens (including phenoxy) is 2. The highest BCUT2D eigenvalue weighted by atomic mass is 16.5. The summed E-state index contributed by atoms with van der Waals surface area (Å²) in [5.41, 5.74) is 1.98. The Morgan fingerprint density at radius 1 is 1.00 bits per heavy atom. The van der Waals surface area contributed by atoms with Gasteiger partial charge in [-0.2, -0.15) is 0 Å². The highest BCUT2D eigenvalue weighted by Crippen LogP contribution is 2.27. The van der Waals surface area contributed by atoms with Gasteiger partial charge in [-0.25, -0.2) is 4.98 Å². The standard InChI is InChI=1S/C20H20N4O3/c1-26-17-8-6-14(11-18(17)27-2)20(25)24-16-7-9-19(23-13-16)22-12-15-5-3-4-10-21-15/h3-11,13H,12H2,1-2H3,(H,22,23)(H,24,25). The summed E-state index contributed by atoms with van der Waals surface area (Å²) in [5.74, 6) is 1.51. The normalized spacial score (nSPS) is 10.1. The monoisotopic (exact) mass is 364 g/mol. The lowest BCUT2D eigenvalue weighted by Gasteiger charge is -2.10. The Kier molecular flexibility index (Phi) is 5.84. The Morgan fingerprint density at radius 2 is 1.85 bits per heavy atom. The van der Waals surface area contributed by atoms with E-state index in [1.165, 1.54) is 7.11 Å². The van der Waals surface area contributed by atoms with Gasteiger partial charge in [0.25, 0.3) is 5.91 Å². The van der Waals surface area contributed by atoms with Gasteiger partial charge < -0.3 is 20.1 Å². The number of nitrogens with zero attached hydrogens (tertiary/aromatic N) is 2. The molecule has 0 saturated carbocycles. The molecule has 2 aromatic heterocycles. The Bertz CT molecular complexity index is 899. The van der Waals surface area contributed by atoms with Crippen LogP contribution in [0, 0.1) is 0 Å². The maximum absolute atomic E-state index is 12.4. The molecule has 0 spiro atoms. The van der Waals surface area contributed by atoms with Gasteiger partial charge in [0, 0.05) is 11.8 Å². The van der Waals surface area contributed by atoms with E-state index in [1.807, 2.05) is 18.2 Å². The first-order valence-corrected chi connectivity index (χ1v) is 8.33. The number of amides is 1. The van der Waals surface area contributed by atoms with E-state index in [9.17, 15) is 4.79 Å². The highest BCUT2D eigenvalue weighted by Gasteiger charge is 2.11. The molecule has 0 aliphatic heterocycles. The Balaban J connectivity index is 1.61. The van der Waals surface area contributed by atoms with Gasteiger partial charge in [-0.3, -0.25) is 9.78 Å². The minimum Gasteiger partial charge on any atom is -0.493 e. The molecule has 0 fully saturated rings. The largest absolute Gasteiger partial charge is 0.493 e. The molecule has 3 aromatic rings. The van der Waals surface area contributed by atoms with Gasteiger partial charge >= 0.3 is 0 Å². The highest BCUT2D eigenvalue weighted by molar-refractivity contribution is 6.04. The van der Waals surface area contributed by atoms with Gasteiger partial charge in [-0.1, -0.05) is 6.07 Å². The van der Waals surface area contributed by atoms with Crippen LogP contribution in [-0.4, -0.2) is 30.1 Å². The number of benzene rings is 1. The third-order valence-electron chi connectivity index (χ3n) is 3.84. The average Bonchev–Trinajstić information content (AvgIpc) is 2.73. The minimum absolute atomic E-state index is 0.257. The molecule has 7 nitrogen and oxygen atoms in total. The SMILES string of the molecule is COc1ccc(C(=O)Nc2ccc(NCc3ccccn3)nc2)cc1OC. The number of methoxy groups -OCH3 is 2. The third kappa shape index (κ3) is 4.72. The number of carbonyl (C=O) groups excluding carboxylic acids is 1. The van der Waals surface area contributed by atoms with Crippen LogP contribution in [0.4, 0.5) is 11.5 Å². The molecular weight excluding hydrogens is 344 g/mol. The summed E-state index contributed by atoms with van der Waals surface area (Å²) in [6.45, 7) is 0.575. The zero-order valence-electron chi connectivity index (χ0n) is 15.1. The van der Waals surface area contributed by atoms with Crippen molar-refractivity contribution in [2.75, 3.05) is 24.9 Å². The van der Waals surface area contributed by atoms with E-state index in [0.717, 1.165) is 5.69 Å². The van der Waals surface area contributed by atoms with Crippen molar-refractivity contribution in [2.45, 2.75) is 6.54 Å². The Morgan fingerprint density at radius 3 is 2.52 bits per heavy atom. The van der Waals surface area contributed by atoms with Crippen LogP contribution in [0.5, 0.6) is 11.5 Å². The Hall–Kier alpha value is -3.61. The molecule has 0 atom stereocenters. The summed E-state index contributed by atoms with van der Waals surface area (Å²) in [6.07, 6.45) is 3.34. The van der Waals surface area contributed by atoms with Crippen molar-refractivity contribution in [3.05, 3.63) is 72.2 Å². The number of hydrogen-bond acceptors (Lipinski definition) is 6. The fourth-order valence-corrected chi connectivity index (χ4v) is 2.44. The molecule has 1 aromatic carbocycles. The number of hydrogen-bond donors (Lipinski definition) is 2. The fourth-order valence-electron chi connectivity index (χ4n) is 2.44. The van der Waals surface area contributed by atoms with Crippen molar-refractivity contribution < 1.29 is 14.3 Å². The van der Waals surface area contributed by atoms with Gasteiger partial charge in [-0.15, -0.1) is 0 Å². The van der Waals surface area contributed by atoms with Crippen LogP contribution in [0.2, 0.25) is 0 Å². The van der Waals surface area contributed by atoms with Crippen molar-refractivity contribution in [2.24, 2.45) is 0 Å². The Labute approximate surface area is 157 Å². The first-order valence-electron chi connectivity index (χ1n) is 8.33. The van der Waals surface area contributed by atoms with E-state index in [0.29, 0.717) is 35.1 Å². The predicted octanol–water partition coefficient (Wildman–Crippen LogP) is 3.36. The zero-order chi connectivity index (χ0) is 19.1. The van der Waals surface area contributed by atoms with Crippen LogP contribution >= 0.6 is 0 Å². The summed E-state index contributed by atoms with van der Waals surface area (Å²) in [7, 11) is 3.08. The van der Waals surface area contributed by atoms with Gasteiger partial charge in [0.15, 0.2) is 11.5 Å². The first kappa shape index (κ1) is 18.2. The van der Waals surface area contributed by atoms with E-state index in [2.05, 4.69) is 20.6 Å². The van der Waals surface area contributed by atoms with Crippen molar-refractivity contribution >= 4 is 17.4 Å². The fraction of sp³-hybridized carbons (Fsp3) is 0.150. The lowest BCUT2D eigenvalue weighted by Crippen LogP contribution is -2.12. The van der Waals surface area contributed by atoms with Crippen LogP contribution in [0.25, 0.3) is 0 Å². The second-order valence-electron chi connectivity index (χ2n) is 5.63. The van der Waals surface area contributed by atoms with Crippen molar-refractivity contribution in [1.29, 1.82) is 0 Å². The lowest BCUT2D eigenvalue weighted by molar-refractivity contribution is 0.102. The van der Waals surface area contributed by atoms with Crippen LogP contribution in [0.15, 0.2) is 60.9 Å². The number of nitrogens with one attached hydrogen (secondary N) is 2. The molecular formula is C20H20N4O3. The number of aromatic nitrogens is 2. The second-order valence-corrected chi connectivity index (χ2v) is 5.63. The van der Waals surface area contributed by atoms with E-state index in [-0.39, 0.29) is 5.91 Å². The van der Waals surface area contributed by atoms with E-state index in [4.69, 9.17) is 9.47 Å². The topological polar surface area (TPSA) is 85.4 Å². The van der Waals surface area contributed by atoms with Gasteiger partial charge in [0.05, 0.1) is 38.3 Å². The number of anilines is 2. The predicted molar refractivity (Wildman–Crippen MR) is 103 cm³/mol. The molecule has 7 heteroatoms. The zero-order valence-corrected chi connectivity index (χ0v) is 15.1. The molecule has 3 rings (SSSR count). The summed E-state index contributed by atoms with van der Waals surface area (Å²) in [6, 6.07) is 14.3. The minimum atomic E-state index is -0.257. The van der Waals surface area contributed by atoms with Crippen molar-refractivity contribution in [1.82, 2.24) is 9.97 Å². The molecule has 0 saturated heterocycles. The molecule has 0 unspecified atom stereocenters. The number of pyridine rings is 2. The van der Waals surface area contributed by atoms with E-state index < -0.39 is 0 Å². The molecule has 138 valence electrons. The molecule has 2 N–H and O–H groups in total. The van der Waals surface area contributed by atoms with Crippen LogP contribution in [0.1, 0.15) is 16.1 Å². The maximum atomic E-state index is 12.4. The summed E-state index contributed by atoms with van der Waals surface area (Å²) >= 11 is 0. The van der Waals surface area contributed by atoms with Crippen LogP contribution < -0.4 is 20.1 Å². The maximum Gasteiger partial charge on any atom is 0.255 e. The summed E-state index contributed by atoms with van der Waals surface area (Å²) < 4.78 is 10.4. The molecule has 0 bridgehead atoms. The van der Waals surface area contributed by atoms with Gasteiger partial charge in [0.1, 0.15) is 5.82 Å². The first-order chi connectivity index (χ1) is 13.2. The number of carbonyl (C=O) groups is 1. The number of rotatable bonds is 7. The molecule has 2 heterocycles. The van der Waals surface area contributed by atoms with Crippen molar-refractivity contribution in [3.63, 3.8) is 0 Å². The molecule has 0 aliphatic carbocycles. The van der Waals surface area contributed by atoms with Crippen LogP contribution in [0.3, 0.4) is 0 Å². The third-order valence-corrected chi connectivity index (χ3v) is 3.84. The average molecular weight is 364 g/mol. The summed E-state index contributed by atoms with van der Waals surface area (Å²) in [4.78, 5) is 21.0. The van der Waals surface area contributed by atoms with E-state index in [1.54, 1.807) is 49.8 Å². The molecule has 0 aliphatic rings. The van der Waals surface area contributed by atoms with Crippen molar-refractivity contribution in [3.8, 4) is 11.5 Å². The van der Waals surface area contributed by atoms with E-state index >= 15 is 0 Å². The quantitative estimate of drug-likeness (QED) is 0.669. The summed E-state index contributed by atoms with van der Waals surface area (Å²) in [5, 5.41) is 5.99. The molecule has 27 heavy (non-hydrogen) atoms. The van der Waals surface area contributed by atoms with Gasteiger partial charge in [-0.05, 0) is 42.5 Å². The van der Waals surface area contributed by atoms with Crippen LogP contribution in [-0.2, 0) is 6.54 Å². The second kappa shape index (κ2) is 8.66. The molecule has 1 amide bonds. The molecule has 0 radical (unpaired) electrons. The van der Waals surface area contributed by atoms with Gasteiger partial charge in [0.2, 0.25) is 0 Å². The lowest BCUT2D eigenvalue weighted by atomic mass is 10.2.